The van der Waals surface area contributed by atoms with E-state index in [1.807, 2.05) is 66.3 Å². The molecule has 12 heteroatoms. The lowest BCUT2D eigenvalue weighted by molar-refractivity contribution is -0.205. The third kappa shape index (κ3) is 7.29. The fourth-order valence-corrected chi connectivity index (χ4v) is 8.07. The lowest BCUT2D eigenvalue weighted by Gasteiger charge is -2.55. The maximum Gasteiger partial charge on any atom is 0.256 e. The van der Waals surface area contributed by atoms with E-state index in [1.54, 1.807) is 55.1 Å². The van der Waals surface area contributed by atoms with Crippen molar-refractivity contribution in [2.24, 2.45) is 7.05 Å². The number of benzene rings is 3. The molecule has 3 aliphatic heterocycles. The maximum absolute atomic E-state index is 14.6. The highest BCUT2D eigenvalue weighted by Gasteiger charge is 2.51. The number of fused-ring (bicyclic) bond motifs is 2. The molecule has 3 saturated heterocycles. The number of rotatable bonds is 10. The molecule has 3 aromatic carbocycles. The van der Waals surface area contributed by atoms with Gasteiger partial charge in [0, 0.05) is 57.7 Å². The van der Waals surface area contributed by atoms with Crippen molar-refractivity contribution in [3.05, 3.63) is 114 Å². The summed E-state index contributed by atoms with van der Waals surface area (Å²) in [6.07, 6.45) is 4.35. The Morgan fingerprint density at radius 3 is 2.40 bits per heavy atom. The lowest BCUT2D eigenvalue weighted by Crippen LogP contribution is -2.75. The van der Waals surface area contributed by atoms with Crippen molar-refractivity contribution in [2.45, 2.75) is 57.0 Å². The van der Waals surface area contributed by atoms with E-state index in [1.165, 1.54) is 0 Å². The van der Waals surface area contributed by atoms with Crippen LogP contribution in [0.1, 0.15) is 46.3 Å². The molecule has 1 aromatic heterocycles. The first-order valence-electron chi connectivity index (χ1n) is 18.3. The summed E-state index contributed by atoms with van der Waals surface area (Å²) in [6, 6.07) is 21.2. The maximum atomic E-state index is 14.6. The standard InChI is InChI=1S/C41H46N6O6/c1-3-20-45-27-38(51)46-35(23-29-12-15-31(48)16-13-29)41(53)44(26-36(46)47(45)37(50)17-14-28-8-5-4-6-9-28)24-30-10-7-11-33-34(25-42(2)39(30)33)40(52)43-21-18-32(49)19-22-43/h3-13,15-16,25,32,35-36,48-49H,1,14,17-24,26-27H2,2H3/t35-,36-/m0/s1. The number of nitrogens with zero attached hydrogens (tertiary/aromatic N) is 6. The van der Waals surface area contributed by atoms with Gasteiger partial charge in [-0.3, -0.25) is 19.2 Å². The van der Waals surface area contributed by atoms with Crippen molar-refractivity contribution < 1.29 is 29.4 Å². The topological polar surface area (TPSA) is 130 Å². The van der Waals surface area contributed by atoms with Gasteiger partial charge in [0.15, 0.2) is 0 Å². The third-order valence-corrected chi connectivity index (χ3v) is 10.7. The molecule has 7 rings (SSSR count). The lowest BCUT2D eigenvalue weighted by atomic mass is 9.97. The monoisotopic (exact) mass is 718 g/mol. The van der Waals surface area contributed by atoms with Crippen molar-refractivity contribution in [3.8, 4) is 5.75 Å². The van der Waals surface area contributed by atoms with Crippen LogP contribution >= 0.6 is 0 Å². The van der Waals surface area contributed by atoms with Crippen LogP contribution in [0.3, 0.4) is 0 Å². The first-order valence-corrected chi connectivity index (χ1v) is 18.3. The van der Waals surface area contributed by atoms with E-state index >= 15 is 0 Å². The Labute approximate surface area is 309 Å². The number of carbonyl (C=O) groups excluding carboxylic acids is 4. The van der Waals surface area contributed by atoms with Crippen LogP contribution in [-0.2, 0) is 40.8 Å². The minimum absolute atomic E-state index is 0.0750. The van der Waals surface area contributed by atoms with E-state index in [4.69, 9.17) is 0 Å². The van der Waals surface area contributed by atoms with Gasteiger partial charge in [-0.05, 0) is 48.1 Å². The van der Waals surface area contributed by atoms with E-state index in [0.717, 1.165) is 27.6 Å². The highest BCUT2D eigenvalue weighted by Crippen LogP contribution is 2.32. The molecule has 276 valence electrons. The molecule has 0 unspecified atom stereocenters. The van der Waals surface area contributed by atoms with Crippen LogP contribution in [-0.4, -0.2) is 114 Å². The molecule has 4 heterocycles. The molecule has 0 spiro atoms. The van der Waals surface area contributed by atoms with Gasteiger partial charge in [0.1, 0.15) is 18.0 Å². The van der Waals surface area contributed by atoms with Gasteiger partial charge >= 0.3 is 0 Å². The van der Waals surface area contributed by atoms with E-state index in [9.17, 15) is 29.4 Å². The average molecular weight is 719 g/mol. The van der Waals surface area contributed by atoms with E-state index in [0.29, 0.717) is 37.9 Å². The zero-order chi connectivity index (χ0) is 37.2. The van der Waals surface area contributed by atoms with Gasteiger partial charge < -0.3 is 29.5 Å². The number of hydrazine groups is 1. The summed E-state index contributed by atoms with van der Waals surface area (Å²) in [5.74, 6) is -0.650. The minimum atomic E-state index is -0.902. The number of para-hydroxylation sites is 1. The number of piperazine rings is 1. The van der Waals surface area contributed by atoms with Crippen molar-refractivity contribution in [3.63, 3.8) is 0 Å². The summed E-state index contributed by atoms with van der Waals surface area (Å²) in [5.41, 5.74) is 4.01. The van der Waals surface area contributed by atoms with Crippen molar-refractivity contribution in [1.82, 2.24) is 29.3 Å². The second-order valence-electron chi connectivity index (χ2n) is 14.2. The van der Waals surface area contributed by atoms with Gasteiger partial charge in [-0.25, -0.2) is 10.0 Å². The number of piperidine rings is 1. The van der Waals surface area contributed by atoms with Crippen LogP contribution in [0, 0.1) is 0 Å². The first-order chi connectivity index (χ1) is 25.6. The summed E-state index contributed by atoms with van der Waals surface area (Å²) in [4.78, 5) is 61.7. The summed E-state index contributed by atoms with van der Waals surface area (Å²) in [5, 5.41) is 24.1. The minimum Gasteiger partial charge on any atom is -0.508 e. The highest BCUT2D eigenvalue weighted by atomic mass is 16.3. The van der Waals surface area contributed by atoms with Gasteiger partial charge in [-0.2, -0.15) is 0 Å². The largest absolute Gasteiger partial charge is 0.508 e. The highest BCUT2D eigenvalue weighted by molar-refractivity contribution is 6.07. The van der Waals surface area contributed by atoms with Crippen LogP contribution in [0.4, 0.5) is 0 Å². The van der Waals surface area contributed by atoms with Crippen LogP contribution in [0.25, 0.3) is 10.9 Å². The zero-order valence-corrected chi connectivity index (χ0v) is 30.0. The number of aromatic hydroxyl groups is 1. The number of hydrogen-bond donors (Lipinski definition) is 2. The Hall–Kier alpha value is -5.46. The molecule has 2 N–H and O–H groups in total. The summed E-state index contributed by atoms with van der Waals surface area (Å²) in [7, 11) is 1.88. The number of phenolic OH excluding ortho intramolecular Hbond substituents is 1. The zero-order valence-electron chi connectivity index (χ0n) is 30.0. The quantitative estimate of drug-likeness (QED) is 0.241. The molecule has 3 fully saturated rings. The van der Waals surface area contributed by atoms with Crippen molar-refractivity contribution in [1.29, 1.82) is 0 Å². The predicted octanol–water partition coefficient (Wildman–Crippen LogP) is 3.47. The van der Waals surface area contributed by atoms with E-state index in [-0.39, 0.29) is 68.4 Å². The number of aryl methyl sites for hydroxylation is 2. The van der Waals surface area contributed by atoms with Gasteiger partial charge in [0.05, 0.1) is 30.3 Å². The molecule has 0 saturated carbocycles. The molecular formula is C41H46N6O6. The fourth-order valence-electron chi connectivity index (χ4n) is 8.07. The Morgan fingerprint density at radius 2 is 1.68 bits per heavy atom. The van der Waals surface area contributed by atoms with Gasteiger partial charge in [-0.1, -0.05) is 66.7 Å². The van der Waals surface area contributed by atoms with Crippen LogP contribution in [0.5, 0.6) is 5.75 Å². The molecule has 3 aliphatic rings. The Kier molecular flexibility index (Phi) is 10.3. The second-order valence-corrected chi connectivity index (χ2v) is 14.2. The number of likely N-dealkylation sites (tertiary alicyclic amines) is 1. The number of aromatic nitrogens is 1. The molecule has 4 amide bonds. The number of phenols is 1. The Bertz CT molecular complexity index is 2000. The first kappa shape index (κ1) is 35.9. The fraction of sp³-hybridized carbons (Fsp3) is 0.366. The third-order valence-electron chi connectivity index (χ3n) is 10.7. The molecular weight excluding hydrogens is 672 g/mol. The Balaban J connectivity index is 1.24. The SMILES string of the molecule is C=CCN1CC(=O)N2[C@@H](Cc3ccc(O)cc3)C(=O)N(Cc3cccc4c(C(=O)N5CCC(O)CC5)cn(C)c34)C[C@@H]2N1C(=O)CCc1ccccc1. The molecule has 0 aliphatic carbocycles. The normalized spacial score (nSPS) is 19.9. The molecule has 2 atom stereocenters. The van der Waals surface area contributed by atoms with Crippen molar-refractivity contribution >= 4 is 34.5 Å². The molecule has 4 aromatic rings. The number of aliphatic hydroxyl groups excluding tert-OH is 1. The van der Waals surface area contributed by atoms with Crippen LogP contribution in [0.2, 0.25) is 0 Å². The van der Waals surface area contributed by atoms with Crippen molar-refractivity contribution in [2.75, 3.05) is 32.7 Å². The average Bonchev–Trinajstić information content (AvgIpc) is 3.50. The van der Waals surface area contributed by atoms with Crippen LogP contribution < -0.4 is 0 Å². The molecule has 0 radical (unpaired) electrons. The number of carbonyl (C=O) groups is 4. The predicted molar refractivity (Wildman–Crippen MR) is 199 cm³/mol. The summed E-state index contributed by atoms with van der Waals surface area (Å²) in [6.45, 7) is 5.34. The van der Waals surface area contributed by atoms with Gasteiger partial charge in [-0.15, -0.1) is 6.58 Å². The van der Waals surface area contributed by atoms with Gasteiger partial charge in [0.2, 0.25) is 17.7 Å². The number of hydrogen-bond acceptors (Lipinski definition) is 7. The molecule has 53 heavy (non-hydrogen) atoms. The van der Waals surface area contributed by atoms with E-state index < -0.39 is 18.3 Å². The van der Waals surface area contributed by atoms with E-state index in [2.05, 4.69) is 6.58 Å². The number of aliphatic hydroxyl groups is 1. The molecule has 12 nitrogen and oxygen atoms in total. The van der Waals surface area contributed by atoms with Gasteiger partial charge in [0.25, 0.3) is 5.91 Å². The smallest absolute Gasteiger partial charge is 0.256 e. The summed E-state index contributed by atoms with van der Waals surface area (Å²) < 4.78 is 1.92. The number of amides is 4. The summed E-state index contributed by atoms with van der Waals surface area (Å²) >= 11 is 0. The Morgan fingerprint density at radius 1 is 0.943 bits per heavy atom. The molecule has 0 bridgehead atoms. The second kappa shape index (κ2) is 15.3. The van der Waals surface area contributed by atoms with Crippen LogP contribution in [0.15, 0.2) is 91.6 Å².